The molecule has 1 heterocycles. The third-order valence-electron chi connectivity index (χ3n) is 12.9. The maximum absolute atomic E-state index is 11.9. The van der Waals surface area contributed by atoms with Gasteiger partial charge in [0, 0.05) is 0 Å². The molecule has 0 aromatic heterocycles. The van der Waals surface area contributed by atoms with Gasteiger partial charge in [0.15, 0.2) is 12.4 Å². The van der Waals surface area contributed by atoms with E-state index in [0.29, 0.717) is 44.1 Å². The average Bonchev–Trinajstić information content (AvgIpc) is 3.32. The van der Waals surface area contributed by atoms with Crippen molar-refractivity contribution in [1.29, 1.82) is 0 Å². The van der Waals surface area contributed by atoms with E-state index in [1.807, 2.05) is 0 Å². The van der Waals surface area contributed by atoms with Crippen LogP contribution in [0.25, 0.3) is 0 Å². The van der Waals surface area contributed by atoms with Crippen LogP contribution in [0.1, 0.15) is 78.6 Å². The zero-order valence-corrected chi connectivity index (χ0v) is 26.1. The number of carboxylic acids is 2. The largest absolute Gasteiger partial charge is 0.480 e. The smallest absolute Gasteiger partial charge is 0.335 e. The van der Waals surface area contributed by atoms with Crippen molar-refractivity contribution in [2.24, 2.45) is 46.3 Å². The first-order valence-corrected chi connectivity index (χ1v) is 16.6. The lowest BCUT2D eigenvalue weighted by Crippen LogP contribution is -2.63. The van der Waals surface area contributed by atoms with E-state index >= 15 is 0 Å². The first-order valence-electron chi connectivity index (χ1n) is 16.6. The van der Waals surface area contributed by atoms with Crippen molar-refractivity contribution < 1.29 is 54.8 Å². The van der Waals surface area contributed by atoms with E-state index in [2.05, 4.69) is 26.1 Å². The Hall–Kier alpha value is -1.38. The third-order valence-corrected chi connectivity index (χ3v) is 12.9. The summed E-state index contributed by atoms with van der Waals surface area (Å²) in [6, 6.07) is 0. The molecule has 0 bridgehead atoms. The van der Waals surface area contributed by atoms with Crippen LogP contribution in [0.3, 0.4) is 0 Å². The molecule has 5 rings (SSSR count). The summed E-state index contributed by atoms with van der Waals surface area (Å²) in [7, 11) is 0. The van der Waals surface area contributed by atoms with Crippen molar-refractivity contribution in [3.05, 3.63) is 0 Å². The Labute approximate surface area is 259 Å². The number of aliphatic hydroxyl groups excluding tert-OH is 5. The highest BCUT2D eigenvalue weighted by Gasteiger charge is 2.66. The van der Waals surface area contributed by atoms with Gasteiger partial charge in [-0.25, -0.2) is 4.79 Å². The number of nitrogens with one attached hydrogen (secondary N) is 1. The molecule has 8 N–H and O–H groups in total. The van der Waals surface area contributed by atoms with Crippen LogP contribution in [0.4, 0.5) is 0 Å². The number of hydrogen-bond donors (Lipinski definition) is 8. The van der Waals surface area contributed by atoms with E-state index < -0.39 is 54.9 Å². The van der Waals surface area contributed by atoms with Gasteiger partial charge in [0.1, 0.15) is 18.3 Å². The summed E-state index contributed by atoms with van der Waals surface area (Å²) in [4.78, 5) is 22.3. The molecule has 1 aliphatic heterocycles. The lowest BCUT2D eigenvalue weighted by Gasteiger charge is -2.63. The zero-order valence-electron chi connectivity index (χ0n) is 26.1. The topological polar surface area (TPSA) is 206 Å². The van der Waals surface area contributed by atoms with Crippen molar-refractivity contribution in [1.82, 2.24) is 5.32 Å². The molecular formula is C32H53NO11. The van der Waals surface area contributed by atoms with Crippen LogP contribution >= 0.6 is 0 Å². The number of fused-ring (bicyclic) bond motifs is 5. The summed E-state index contributed by atoms with van der Waals surface area (Å²) in [6.45, 7) is 7.35. The number of rotatable bonds is 10. The molecule has 0 aromatic rings. The summed E-state index contributed by atoms with van der Waals surface area (Å²) in [5.41, 5.74) is -0.420. The molecule has 0 radical (unpaired) electrons. The van der Waals surface area contributed by atoms with Crippen molar-refractivity contribution in [2.75, 3.05) is 13.1 Å². The van der Waals surface area contributed by atoms with Gasteiger partial charge in [-0.2, -0.15) is 0 Å². The fourth-order valence-electron chi connectivity index (χ4n) is 10.5. The van der Waals surface area contributed by atoms with Gasteiger partial charge < -0.3 is 50.5 Å². The van der Waals surface area contributed by atoms with Crippen LogP contribution in [0.15, 0.2) is 0 Å². The Morgan fingerprint density at radius 3 is 2.36 bits per heavy atom. The number of ether oxygens (including phenoxy) is 2. The highest BCUT2D eigenvalue weighted by Crippen LogP contribution is 2.68. The molecule has 252 valence electrons. The van der Waals surface area contributed by atoms with Crippen LogP contribution in [0.5, 0.6) is 0 Å². The van der Waals surface area contributed by atoms with Crippen LogP contribution in [-0.4, -0.2) is 110 Å². The van der Waals surface area contributed by atoms with Crippen molar-refractivity contribution in [3.8, 4) is 0 Å². The standard InChI is InChI=1S/C32H53NO11/c1-15(5-4-10-33-14-23(36)37)18-6-7-19-24-20(13-22(35)32(18,19)3)31(2)9-8-17(11-16(31)12-21(24)34)43-30-27(40)25(38)26(39)28(44-30)29(41)42/h15-22,24-28,30,33-35,38-40H,4-14H2,1-3H3,(H,36,37)(H,41,42)/t15-,16+,17-,18-,19+,20+,21-,22+,24+,25+,26+,27-,28+,30-,31+,32-/m1/s1. The van der Waals surface area contributed by atoms with E-state index in [-0.39, 0.29) is 47.2 Å². The zero-order chi connectivity index (χ0) is 32.1. The fourth-order valence-corrected chi connectivity index (χ4v) is 10.5. The lowest BCUT2D eigenvalue weighted by atomic mass is 9.43. The van der Waals surface area contributed by atoms with Gasteiger partial charge in [-0.05, 0) is 111 Å². The fraction of sp³-hybridized carbons (Fsp3) is 0.938. The minimum absolute atomic E-state index is 0.0430. The number of hydrogen-bond acceptors (Lipinski definition) is 10. The van der Waals surface area contributed by atoms with Crippen molar-refractivity contribution in [2.45, 2.75) is 128 Å². The molecule has 16 atom stereocenters. The molecule has 0 amide bonds. The molecule has 1 saturated heterocycles. The number of carboxylic acid groups (broad SMARTS) is 2. The quantitative estimate of drug-likeness (QED) is 0.126. The van der Waals surface area contributed by atoms with Crippen LogP contribution < -0.4 is 5.32 Å². The molecule has 0 aromatic carbocycles. The summed E-state index contributed by atoms with van der Waals surface area (Å²) in [5.74, 6) is -1.07. The predicted molar refractivity (Wildman–Crippen MR) is 156 cm³/mol. The maximum atomic E-state index is 11.9. The van der Waals surface area contributed by atoms with E-state index in [4.69, 9.17) is 14.6 Å². The first-order chi connectivity index (χ1) is 20.7. The molecule has 0 spiro atoms. The average molecular weight is 628 g/mol. The minimum atomic E-state index is -1.77. The van der Waals surface area contributed by atoms with Crippen molar-refractivity contribution in [3.63, 3.8) is 0 Å². The molecular weight excluding hydrogens is 574 g/mol. The van der Waals surface area contributed by atoms with Crippen LogP contribution in [0, 0.1) is 46.3 Å². The molecule has 5 fully saturated rings. The Kier molecular flexibility index (Phi) is 10.1. The SMILES string of the molecule is C[C@H](CCCNCC(=O)O)[C@H]1CC[C@H]2[C@@H]3[C@H](O)C[C@@H]4C[C@H](O[C@@H]5O[C@H](C(=O)O)[C@@H](O)[C@H](O)[C@H]5O)CC[C@]4(C)[C@H]3C[C@H](O)[C@]12C. The molecule has 4 saturated carbocycles. The minimum Gasteiger partial charge on any atom is -0.480 e. The van der Waals surface area contributed by atoms with E-state index in [0.717, 1.165) is 32.1 Å². The van der Waals surface area contributed by atoms with Gasteiger partial charge in [-0.1, -0.05) is 20.8 Å². The summed E-state index contributed by atoms with van der Waals surface area (Å²) in [6.07, 6.45) is -2.56. The summed E-state index contributed by atoms with van der Waals surface area (Å²) >= 11 is 0. The van der Waals surface area contributed by atoms with Gasteiger partial charge in [0.2, 0.25) is 0 Å². The van der Waals surface area contributed by atoms with Gasteiger partial charge in [0.25, 0.3) is 0 Å². The Balaban J connectivity index is 1.24. The number of aliphatic carboxylic acids is 2. The van der Waals surface area contributed by atoms with Crippen molar-refractivity contribution >= 4 is 11.9 Å². The molecule has 12 nitrogen and oxygen atoms in total. The number of aliphatic hydroxyl groups is 5. The van der Waals surface area contributed by atoms with E-state index in [1.165, 1.54) is 0 Å². The Bertz CT molecular complexity index is 1050. The highest BCUT2D eigenvalue weighted by atomic mass is 16.7. The monoisotopic (exact) mass is 627 g/mol. The van der Waals surface area contributed by atoms with Crippen LogP contribution in [0.2, 0.25) is 0 Å². The van der Waals surface area contributed by atoms with E-state index in [1.54, 1.807) is 0 Å². The summed E-state index contributed by atoms with van der Waals surface area (Å²) in [5, 5.41) is 75.5. The van der Waals surface area contributed by atoms with Gasteiger partial charge in [-0.15, -0.1) is 0 Å². The molecule has 5 aliphatic rings. The second-order valence-corrected chi connectivity index (χ2v) is 15.1. The first kappa shape index (κ1) is 34.0. The molecule has 44 heavy (non-hydrogen) atoms. The third kappa shape index (κ3) is 5.94. The molecule has 12 heteroatoms. The van der Waals surface area contributed by atoms with Crippen LogP contribution in [-0.2, 0) is 19.1 Å². The molecule has 0 unspecified atom stereocenters. The van der Waals surface area contributed by atoms with Gasteiger partial charge in [0.05, 0.1) is 24.9 Å². The normalized spacial score (nSPS) is 49.4. The Morgan fingerprint density at radius 2 is 1.68 bits per heavy atom. The second kappa shape index (κ2) is 13.0. The summed E-state index contributed by atoms with van der Waals surface area (Å²) < 4.78 is 11.4. The van der Waals surface area contributed by atoms with Gasteiger partial charge in [-0.3, -0.25) is 4.79 Å². The maximum Gasteiger partial charge on any atom is 0.335 e. The lowest BCUT2D eigenvalue weighted by molar-refractivity contribution is -0.310. The van der Waals surface area contributed by atoms with Gasteiger partial charge >= 0.3 is 11.9 Å². The second-order valence-electron chi connectivity index (χ2n) is 15.1. The van der Waals surface area contributed by atoms with E-state index in [9.17, 15) is 40.2 Å². The Morgan fingerprint density at radius 1 is 0.955 bits per heavy atom. The number of carbonyl (C=O) groups is 2. The predicted octanol–water partition coefficient (Wildman–Crippen LogP) is 0.955. The molecule has 4 aliphatic carbocycles. The highest BCUT2D eigenvalue weighted by molar-refractivity contribution is 5.73.